The molecule has 0 saturated carbocycles. The van der Waals surface area contributed by atoms with Crippen LogP contribution in [0, 0.1) is 6.92 Å². The van der Waals surface area contributed by atoms with Crippen LogP contribution in [0.25, 0.3) is 22.6 Å². The molecule has 2 N–H and O–H groups in total. The van der Waals surface area contributed by atoms with Crippen LogP contribution in [-0.2, 0) is 0 Å². The second-order valence-corrected chi connectivity index (χ2v) is 4.52. The van der Waals surface area contributed by atoms with Crippen molar-refractivity contribution in [2.75, 3.05) is 0 Å². The second kappa shape index (κ2) is 5.16. The number of aryl methyl sites for hydroxylation is 1. The lowest BCUT2D eigenvalue weighted by Gasteiger charge is -2.07. The quantitative estimate of drug-likeness (QED) is 0.748. The van der Waals surface area contributed by atoms with Crippen LogP contribution in [0.4, 0.5) is 0 Å². The standard InChI is InChI=1S/C15H12N4O2/c1-9-4-2-3-5-10(9)12-14(20)18-13(19-15(12)21)11-8-16-6-7-17-11/h2-8H,1H3,(H2,18,19,20,21). The lowest BCUT2D eigenvalue weighted by atomic mass is 10.0. The van der Waals surface area contributed by atoms with E-state index in [1.807, 2.05) is 19.1 Å². The first-order valence-electron chi connectivity index (χ1n) is 6.32. The molecule has 0 aliphatic heterocycles. The molecule has 21 heavy (non-hydrogen) atoms. The van der Waals surface area contributed by atoms with Gasteiger partial charge in [0.05, 0.1) is 6.20 Å². The molecular formula is C15H12N4O2. The molecule has 104 valence electrons. The minimum Gasteiger partial charge on any atom is -0.493 e. The lowest BCUT2D eigenvalue weighted by molar-refractivity contribution is 0.454. The first-order valence-corrected chi connectivity index (χ1v) is 6.32. The van der Waals surface area contributed by atoms with E-state index in [0.717, 1.165) is 5.56 Å². The molecule has 0 aliphatic carbocycles. The van der Waals surface area contributed by atoms with Gasteiger partial charge < -0.3 is 10.1 Å². The highest BCUT2D eigenvalue weighted by Crippen LogP contribution is 2.27. The van der Waals surface area contributed by atoms with Crippen molar-refractivity contribution in [3.8, 4) is 28.5 Å². The molecule has 0 aliphatic rings. The van der Waals surface area contributed by atoms with E-state index >= 15 is 0 Å². The molecule has 0 unspecified atom stereocenters. The smallest absolute Gasteiger partial charge is 0.262 e. The number of nitrogens with one attached hydrogen (secondary N) is 1. The number of aromatic hydroxyl groups is 1. The summed E-state index contributed by atoms with van der Waals surface area (Å²) in [6.45, 7) is 1.87. The van der Waals surface area contributed by atoms with Crippen LogP contribution in [-0.4, -0.2) is 25.0 Å². The summed E-state index contributed by atoms with van der Waals surface area (Å²) in [7, 11) is 0. The van der Waals surface area contributed by atoms with Crippen molar-refractivity contribution in [1.82, 2.24) is 19.9 Å². The highest BCUT2D eigenvalue weighted by molar-refractivity contribution is 5.71. The molecule has 0 radical (unpaired) electrons. The Bertz CT molecular complexity index is 844. The van der Waals surface area contributed by atoms with Crippen molar-refractivity contribution in [3.63, 3.8) is 0 Å². The van der Waals surface area contributed by atoms with E-state index in [1.54, 1.807) is 12.1 Å². The highest BCUT2D eigenvalue weighted by atomic mass is 16.3. The Kier molecular flexibility index (Phi) is 3.19. The van der Waals surface area contributed by atoms with Crippen molar-refractivity contribution >= 4 is 0 Å². The Balaban J connectivity index is 2.19. The summed E-state index contributed by atoms with van der Waals surface area (Å²) < 4.78 is 0. The molecule has 0 fully saturated rings. The van der Waals surface area contributed by atoms with Gasteiger partial charge >= 0.3 is 0 Å². The number of aromatic nitrogens is 4. The molecule has 0 amide bonds. The molecule has 2 heterocycles. The fraction of sp³-hybridized carbons (Fsp3) is 0.0667. The van der Waals surface area contributed by atoms with Crippen molar-refractivity contribution in [3.05, 3.63) is 58.8 Å². The molecular weight excluding hydrogens is 268 g/mol. The van der Waals surface area contributed by atoms with Crippen molar-refractivity contribution in [1.29, 1.82) is 0 Å². The summed E-state index contributed by atoms with van der Waals surface area (Å²) in [4.78, 5) is 26.9. The Morgan fingerprint density at radius 2 is 2.00 bits per heavy atom. The summed E-state index contributed by atoms with van der Waals surface area (Å²) in [5.41, 5.74) is 1.65. The number of nitrogens with zero attached hydrogens (tertiary/aromatic N) is 3. The van der Waals surface area contributed by atoms with E-state index in [9.17, 15) is 9.90 Å². The molecule has 0 bridgehead atoms. The van der Waals surface area contributed by atoms with Crippen molar-refractivity contribution in [2.24, 2.45) is 0 Å². The van der Waals surface area contributed by atoms with E-state index in [2.05, 4.69) is 19.9 Å². The summed E-state index contributed by atoms with van der Waals surface area (Å²) >= 11 is 0. The van der Waals surface area contributed by atoms with Crippen molar-refractivity contribution < 1.29 is 5.11 Å². The van der Waals surface area contributed by atoms with Gasteiger partial charge in [0.25, 0.3) is 5.56 Å². The molecule has 6 heteroatoms. The molecule has 0 spiro atoms. The lowest BCUT2D eigenvalue weighted by Crippen LogP contribution is -2.13. The topological polar surface area (TPSA) is 91.8 Å². The number of H-pyrrole nitrogens is 1. The van der Waals surface area contributed by atoms with E-state index in [1.165, 1.54) is 18.6 Å². The van der Waals surface area contributed by atoms with Gasteiger partial charge in [0, 0.05) is 12.4 Å². The minimum absolute atomic E-state index is 0.153. The average Bonchev–Trinajstić information content (AvgIpc) is 2.49. The zero-order chi connectivity index (χ0) is 14.8. The van der Waals surface area contributed by atoms with E-state index in [4.69, 9.17) is 0 Å². The van der Waals surface area contributed by atoms with Gasteiger partial charge in [0.1, 0.15) is 11.3 Å². The van der Waals surface area contributed by atoms with E-state index < -0.39 is 5.56 Å². The molecule has 1 aromatic carbocycles. The Labute approximate surface area is 120 Å². The fourth-order valence-corrected chi connectivity index (χ4v) is 2.10. The third-order valence-corrected chi connectivity index (χ3v) is 3.12. The SMILES string of the molecule is Cc1ccccc1-c1c(O)nc(-c2cnccn2)[nH]c1=O. The number of hydrogen-bond donors (Lipinski definition) is 2. The maximum atomic E-state index is 12.3. The molecule has 0 saturated heterocycles. The predicted molar refractivity (Wildman–Crippen MR) is 77.7 cm³/mol. The second-order valence-electron chi connectivity index (χ2n) is 4.52. The van der Waals surface area contributed by atoms with Crippen LogP contribution < -0.4 is 5.56 Å². The molecule has 6 nitrogen and oxygen atoms in total. The first-order chi connectivity index (χ1) is 10.2. The summed E-state index contributed by atoms with van der Waals surface area (Å²) in [5, 5.41) is 10.1. The summed E-state index contributed by atoms with van der Waals surface area (Å²) in [6.07, 6.45) is 4.47. The number of aromatic amines is 1. The van der Waals surface area contributed by atoms with Crippen LogP contribution in [0.3, 0.4) is 0 Å². The first kappa shape index (κ1) is 13.0. The van der Waals surface area contributed by atoms with E-state index in [-0.39, 0.29) is 17.3 Å². The predicted octanol–water partition coefficient (Wildman–Crippen LogP) is 1.91. The molecule has 2 aromatic heterocycles. The number of rotatable bonds is 2. The normalized spacial score (nSPS) is 10.5. The summed E-state index contributed by atoms with van der Waals surface area (Å²) in [5.74, 6) is -0.142. The van der Waals surface area contributed by atoms with Crippen LogP contribution in [0.15, 0.2) is 47.7 Å². The van der Waals surface area contributed by atoms with Gasteiger partial charge in [-0.05, 0) is 18.1 Å². The summed E-state index contributed by atoms with van der Waals surface area (Å²) in [6, 6.07) is 7.30. The largest absolute Gasteiger partial charge is 0.493 e. The van der Waals surface area contributed by atoms with Gasteiger partial charge in [-0.2, -0.15) is 4.98 Å². The third-order valence-electron chi connectivity index (χ3n) is 3.12. The van der Waals surface area contributed by atoms with Gasteiger partial charge in [-0.25, -0.2) is 4.98 Å². The van der Waals surface area contributed by atoms with Crippen LogP contribution >= 0.6 is 0 Å². The van der Waals surface area contributed by atoms with Gasteiger partial charge in [0.15, 0.2) is 5.82 Å². The third kappa shape index (κ3) is 2.38. The number of benzene rings is 1. The molecule has 3 rings (SSSR count). The molecule has 3 aromatic rings. The Morgan fingerprint density at radius 1 is 1.19 bits per heavy atom. The maximum absolute atomic E-state index is 12.3. The van der Waals surface area contributed by atoms with Gasteiger partial charge in [-0.15, -0.1) is 0 Å². The molecule has 0 atom stereocenters. The van der Waals surface area contributed by atoms with E-state index in [0.29, 0.717) is 11.3 Å². The van der Waals surface area contributed by atoms with Crippen LogP contribution in [0.5, 0.6) is 5.88 Å². The van der Waals surface area contributed by atoms with Gasteiger partial charge in [-0.3, -0.25) is 9.78 Å². The average molecular weight is 280 g/mol. The van der Waals surface area contributed by atoms with Crippen molar-refractivity contribution in [2.45, 2.75) is 6.92 Å². The number of hydrogen-bond acceptors (Lipinski definition) is 5. The minimum atomic E-state index is -0.419. The zero-order valence-corrected chi connectivity index (χ0v) is 11.2. The highest BCUT2D eigenvalue weighted by Gasteiger charge is 2.15. The monoisotopic (exact) mass is 280 g/mol. The maximum Gasteiger partial charge on any atom is 0.262 e. The Morgan fingerprint density at radius 3 is 2.67 bits per heavy atom. The zero-order valence-electron chi connectivity index (χ0n) is 11.2. The Hall–Kier alpha value is -3.02. The van der Waals surface area contributed by atoms with Gasteiger partial charge in [0.2, 0.25) is 5.88 Å². The van der Waals surface area contributed by atoms with Gasteiger partial charge in [-0.1, -0.05) is 24.3 Å². The fourth-order valence-electron chi connectivity index (χ4n) is 2.10. The van der Waals surface area contributed by atoms with Crippen LogP contribution in [0.2, 0.25) is 0 Å². The van der Waals surface area contributed by atoms with Crippen LogP contribution in [0.1, 0.15) is 5.56 Å².